The Hall–Kier alpha value is -2.98. The van der Waals surface area contributed by atoms with Crippen molar-refractivity contribution in [2.75, 3.05) is 18.2 Å². The van der Waals surface area contributed by atoms with Crippen LogP contribution in [0, 0.1) is 0 Å². The summed E-state index contributed by atoms with van der Waals surface area (Å²) in [5, 5.41) is 8.33. The van der Waals surface area contributed by atoms with Gasteiger partial charge in [-0.25, -0.2) is 4.79 Å². The summed E-state index contributed by atoms with van der Waals surface area (Å²) in [5.41, 5.74) is 0.582. The molecule has 0 amide bonds. The minimum Gasteiger partial charge on any atom is -0.458 e. The van der Waals surface area contributed by atoms with Crippen LogP contribution < -0.4 is 10.9 Å². The van der Waals surface area contributed by atoms with Gasteiger partial charge in [-0.2, -0.15) is 5.10 Å². The van der Waals surface area contributed by atoms with Crippen molar-refractivity contribution in [3.63, 3.8) is 0 Å². The second-order valence-electron chi connectivity index (χ2n) is 9.05. The van der Waals surface area contributed by atoms with Gasteiger partial charge in [0.15, 0.2) is 11.9 Å². The Balaban J connectivity index is 1.57. The van der Waals surface area contributed by atoms with Gasteiger partial charge < -0.3 is 19.8 Å². The molecular formula is C23H28N4O5S. The number of rotatable bonds is 5. The lowest BCUT2D eigenvalue weighted by atomic mass is 10.0. The molecule has 0 saturated carbocycles. The average molecular weight is 473 g/mol. The van der Waals surface area contributed by atoms with E-state index in [1.807, 2.05) is 20.8 Å². The van der Waals surface area contributed by atoms with E-state index in [0.717, 1.165) is 5.69 Å². The van der Waals surface area contributed by atoms with Crippen LogP contribution in [-0.2, 0) is 25.1 Å². The Morgan fingerprint density at radius 3 is 2.58 bits per heavy atom. The van der Waals surface area contributed by atoms with Crippen molar-refractivity contribution in [3.8, 4) is 0 Å². The van der Waals surface area contributed by atoms with Crippen LogP contribution in [-0.4, -0.2) is 49.5 Å². The van der Waals surface area contributed by atoms with Gasteiger partial charge in [0.1, 0.15) is 11.0 Å². The number of hydrogen-bond donors (Lipinski definition) is 2. The SMILES string of the molecule is CS(=O)c1ccc(Nc2nn([C@H]3CC[C@H](C(=O)OC(C)(C)C)OC3)c3cc[nH]c(=O)c23)cc1. The molecule has 33 heavy (non-hydrogen) atoms. The first-order chi connectivity index (χ1) is 15.6. The molecule has 9 nitrogen and oxygen atoms in total. The predicted octanol–water partition coefficient (Wildman–Crippen LogP) is 3.27. The first-order valence-corrected chi connectivity index (χ1v) is 12.3. The molecule has 0 spiro atoms. The zero-order valence-corrected chi connectivity index (χ0v) is 19.9. The van der Waals surface area contributed by atoms with Crippen molar-refractivity contribution in [2.24, 2.45) is 0 Å². The summed E-state index contributed by atoms with van der Waals surface area (Å²) in [6.07, 6.45) is 3.76. The van der Waals surface area contributed by atoms with E-state index in [2.05, 4.69) is 15.4 Å². The summed E-state index contributed by atoms with van der Waals surface area (Å²) < 4.78 is 24.7. The highest BCUT2D eigenvalue weighted by Gasteiger charge is 2.32. The van der Waals surface area contributed by atoms with E-state index in [1.54, 1.807) is 47.5 Å². The standard InChI is InChI=1S/C23H28N4O5S/c1-23(2,3)32-22(29)18-10-7-15(13-31-18)27-17-11-12-24-21(28)19(17)20(26-27)25-14-5-8-16(9-6-14)33(4)30/h5-6,8-9,11-12,15,18H,7,10,13H2,1-4H3,(H,24,28)(H,25,26)/t15-,18+,33?/m0/s1. The number of nitrogens with zero attached hydrogens (tertiary/aromatic N) is 2. The van der Waals surface area contributed by atoms with Crippen molar-refractivity contribution < 1.29 is 18.5 Å². The molecule has 2 N–H and O–H groups in total. The maximum Gasteiger partial charge on any atom is 0.335 e. The number of nitrogens with one attached hydrogen (secondary N) is 2. The van der Waals surface area contributed by atoms with Crippen LogP contribution in [0.15, 0.2) is 46.2 Å². The molecule has 3 heterocycles. The third kappa shape index (κ3) is 5.17. The minimum absolute atomic E-state index is 0.131. The van der Waals surface area contributed by atoms with Crippen molar-refractivity contribution >= 4 is 39.2 Å². The molecule has 1 aliphatic heterocycles. The summed E-state index contributed by atoms with van der Waals surface area (Å²) in [6.45, 7) is 5.76. The molecule has 1 fully saturated rings. The van der Waals surface area contributed by atoms with Gasteiger partial charge in [-0.3, -0.25) is 13.7 Å². The first kappa shape index (κ1) is 23.2. The number of carbonyl (C=O) groups is 1. The Morgan fingerprint density at radius 2 is 1.97 bits per heavy atom. The summed E-state index contributed by atoms with van der Waals surface area (Å²) in [7, 11) is -1.07. The molecule has 1 aliphatic rings. The van der Waals surface area contributed by atoms with Gasteiger partial charge in [0, 0.05) is 33.8 Å². The van der Waals surface area contributed by atoms with E-state index in [9.17, 15) is 13.8 Å². The lowest BCUT2D eigenvalue weighted by Crippen LogP contribution is -2.38. The molecule has 0 aliphatic carbocycles. The zero-order chi connectivity index (χ0) is 23.8. The third-order valence-corrected chi connectivity index (χ3v) is 6.28. The number of esters is 1. The van der Waals surface area contributed by atoms with Crippen LogP contribution >= 0.6 is 0 Å². The van der Waals surface area contributed by atoms with Crippen LogP contribution in [0.5, 0.6) is 0 Å². The van der Waals surface area contributed by atoms with Gasteiger partial charge in [-0.15, -0.1) is 0 Å². The quantitative estimate of drug-likeness (QED) is 0.548. The maximum absolute atomic E-state index is 12.6. The van der Waals surface area contributed by atoms with Gasteiger partial charge in [0.05, 0.1) is 18.2 Å². The van der Waals surface area contributed by atoms with E-state index in [1.165, 1.54) is 0 Å². The number of fused-ring (bicyclic) bond motifs is 1. The molecule has 3 atom stereocenters. The van der Waals surface area contributed by atoms with E-state index in [4.69, 9.17) is 9.47 Å². The molecule has 0 bridgehead atoms. The summed E-state index contributed by atoms with van der Waals surface area (Å²) >= 11 is 0. The van der Waals surface area contributed by atoms with Crippen LogP contribution in [0.2, 0.25) is 0 Å². The van der Waals surface area contributed by atoms with Crippen LogP contribution in [0.4, 0.5) is 11.5 Å². The Bertz CT molecular complexity index is 1230. The fourth-order valence-electron chi connectivity index (χ4n) is 3.82. The second-order valence-corrected chi connectivity index (χ2v) is 10.4. The Kier molecular flexibility index (Phi) is 6.40. The van der Waals surface area contributed by atoms with E-state index < -0.39 is 22.5 Å². The van der Waals surface area contributed by atoms with Gasteiger partial charge in [-0.05, 0) is 63.9 Å². The van der Waals surface area contributed by atoms with Crippen LogP contribution in [0.3, 0.4) is 0 Å². The number of carbonyl (C=O) groups excluding carboxylic acids is 1. The molecule has 4 rings (SSSR count). The summed E-state index contributed by atoms with van der Waals surface area (Å²) in [5.74, 6) is 0.0630. The monoisotopic (exact) mass is 472 g/mol. The average Bonchev–Trinajstić information content (AvgIpc) is 3.12. The van der Waals surface area contributed by atoms with Gasteiger partial charge in [0.25, 0.3) is 5.56 Å². The number of anilines is 2. The van der Waals surface area contributed by atoms with Crippen molar-refractivity contribution in [1.82, 2.24) is 14.8 Å². The summed E-state index contributed by atoms with van der Waals surface area (Å²) in [6, 6.07) is 8.81. The van der Waals surface area contributed by atoms with Gasteiger partial charge in [-0.1, -0.05) is 0 Å². The van der Waals surface area contributed by atoms with Crippen LogP contribution in [0.1, 0.15) is 39.7 Å². The molecule has 1 unspecified atom stereocenters. The first-order valence-electron chi connectivity index (χ1n) is 10.8. The third-order valence-electron chi connectivity index (χ3n) is 5.35. The van der Waals surface area contributed by atoms with Crippen molar-refractivity contribution in [2.45, 2.75) is 56.3 Å². The topological polar surface area (TPSA) is 115 Å². The van der Waals surface area contributed by atoms with Gasteiger partial charge in [0.2, 0.25) is 0 Å². The molecule has 3 aromatic rings. The minimum atomic E-state index is -1.07. The van der Waals surface area contributed by atoms with Crippen molar-refractivity contribution in [1.29, 1.82) is 0 Å². The van der Waals surface area contributed by atoms with Crippen LogP contribution in [0.25, 0.3) is 10.9 Å². The highest BCUT2D eigenvalue weighted by atomic mass is 32.2. The van der Waals surface area contributed by atoms with Crippen molar-refractivity contribution in [3.05, 3.63) is 46.9 Å². The maximum atomic E-state index is 12.6. The largest absolute Gasteiger partial charge is 0.458 e. The van der Waals surface area contributed by atoms with E-state index in [0.29, 0.717) is 34.5 Å². The number of hydrogen-bond acceptors (Lipinski definition) is 7. The highest BCUT2D eigenvalue weighted by molar-refractivity contribution is 7.84. The number of aromatic nitrogens is 3. The number of H-pyrrole nitrogens is 1. The predicted molar refractivity (Wildman–Crippen MR) is 126 cm³/mol. The zero-order valence-electron chi connectivity index (χ0n) is 19.1. The van der Waals surface area contributed by atoms with E-state index in [-0.39, 0.29) is 24.2 Å². The molecule has 2 aromatic heterocycles. The fourth-order valence-corrected chi connectivity index (χ4v) is 4.34. The number of pyridine rings is 1. The number of aromatic amines is 1. The van der Waals surface area contributed by atoms with Gasteiger partial charge >= 0.3 is 5.97 Å². The highest BCUT2D eigenvalue weighted by Crippen LogP contribution is 2.31. The second kappa shape index (κ2) is 9.11. The molecule has 1 aromatic carbocycles. The van der Waals surface area contributed by atoms with E-state index >= 15 is 0 Å². The number of ether oxygens (including phenoxy) is 2. The number of benzene rings is 1. The smallest absolute Gasteiger partial charge is 0.335 e. The summed E-state index contributed by atoms with van der Waals surface area (Å²) in [4.78, 5) is 28.4. The fraction of sp³-hybridized carbons (Fsp3) is 0.435. The molecule has 176 valence electrons. The Morgan fingerprint density at radius 1 is 1.24 bits per heavy atom. The lowest BCUT2D eigenvalue weighted by Gasteiger charge is -2.30. The normalized spacial score (nSPS) is 19.9. The Labute approximate surface area is 193 Å². The molecule has 10 heteroatoms. The molecular weight excluding hydrogens is 444 g/mol. The molecule has 0 radical (unpaired) electrons. The molecule has 1 saturated heterocycles. The lowest BCUT2D eigenvalue weighted by molar-refractivity contribution is -0.172.